The van der Waals surface area contributed by atoms with Crippen molar-refractivity contribution >= 4 is 24.3 Å². The largest absolute Gasteiger partial charge is 0.772 e. The third-order valence-electron chi connectivity index (χ3n) is 2.02. The van der Waals surface area contributed by atoms with E-state index in [1.807, 2.05) is 30.3 Å². The molecule has 0 aliphatic heterocycles. The molecule has 0 bridgehead atoms. The van der Waals surface area contributed by atoms with E-state index in [2.05, 4.69) is 0 Å². The smallest absolute Gasteiger partial charge is 0.0473 e. The molecule has 1 aromatic carbocycles. The van der Waals surface area contributed by atoms with Crippen LogP contribution in [0.2, 0.25) is 0 Å². The fourth-order valence-corrected chi connectivity index (χ4v) is 4.37. The molecule has 0 heterocycles. The van der Waals surface area contributed by atoms with Crippen LogP contribution >= 0.6 is 7.92 Å². The second-order valence-electron chi connectivity index (χ2n) is 3.05. The molecular weight excluding hydrogens is 231 g/mol. The lowest BCUT2D eigenvalue weighted by atomic mass is 10.4. The fourth-order valence-electron chi connectivity index (χ4n) is 1.31. The van der Waals surface area contributed by atoms with Crippen LogP contribution < -0.4 is 5.30 Å². The Bertz CT molecular complexity index is 305. The highest BCUT2D eigenvalue weighted by atomic mass is 32.2. The van der Waals surface area contributed by atoms with Crippen LogP contribution in [0, 0.1) is 0 Å². The Kier molecular flexibility index (Phi) is 6.03. The molecule has 0 fully saturated rings. The van der Waals surface area contributed by atoms with Crippen molar-refractivity contribution in [2.75, 3.05) is 24.7 Å². The Morgan fingerprint density at radius 1 is 1.27 bits per heavy atom. The summed E-state index contributed by atoms with van der Waals surface area (Å²) in [5.41, 5.74) is 0. The van der Waals surface area contributed by atoms with Gasteiger partial charge in [0.25, 0.3) is 0 Å². The second kappa shape index (κ2) is 7.07. The van der Waals surface area contributed by atoms with Crippen molar-refractivity contribution in [3.05, 3.63) is 30.3 Å². The SMILES string of the molecule is O=S([O-])CCP(CCO)c1ccccc1. The summed E-state index contributed by atoms with van der Waals surface area (Å²) in [6.07, 6.45) is 1.31. The minimum atomic E-state index is -1.98. The van der Waals surface area contributed by atoms with Crippen LogP contribution in [-0.2, 0) is 11.1 Å². The molecule has 0 aliphatic carbocycles. The summed E-state index contributed by atoms with van der Waals surface area (Å²) < 4.78 is 21.0. The van der Waals surface area contributed by atoms with Gasteiger partial charge in [0.15, 0.2) is 0 Å². The van der Waals surface area contributed by atoms with E-state index in [0.717, 1.165) is 5.30 Å². The van der Waals surface area contributed by atoms with Gasteiger partial charge in [-0.1, -0.05) is 49.3 Å². The van der Waals surface area contributed by atoms with Crippen molar-refractivity contribution in [3.8, 4) is 0 Å². The first-order valence-corrected chi connectivity index (χ1v) is 7.66. The highest BCUT2D eigenvalue weighted by Gasteiger charge is 2.09. The van der Waals surface area contributed by atoms with Gasteiger partial charge >= 0.3 is 0 Å². The van der Waals surface area contributed by atoms with Gasteiger partial charge in [0, 0.05) is 12.4 Å². The van der Waals surface area contributed by atoms with Gasteiger partial charge in [0.1, 0.15) is 0 Å². The quantitative estimate of drug-likeness (QED) is 0.591. The molecule has 0 saturated heterocycles. The summed E-state index contributed by atoms with van der Waals surface area (Å²) in [6.45, 7) is 0.117. The second-order valence-corrected chi connectivity index (χ2v) is 6.56. The molecule has 0 aliphatic rings. The topological polar surface area (TPSA) is 60.4 Å². The minimum absolute atomic E-state index is 0.117. The molecule has 84 valence electrons. The predicted octanol–water partition coefficient (Wildman–Crippen LogP) is 0.665. The molecule has 0 amide bonds. The van der Waals surface area contributed by atoms with E-state index in [0.29, 0.717) is 12.3 Å². The Hall–Kier alpha value is -0.280. The van der Waals surface area contributed by atoms with E-state index < -0.39 is 19.0 Å². The lowest BCUT2D eigenvalue weighted by Crippen LogP contribution is -2.12. The zero-order chi connectivity index (χ0) is 11.1. The van der Waals surface area contributed by atoms with E-state index >= 15 is 0 Å². The van der Waals surface area contributed by atoms with Crippen molar-refractivity contribution in [1.29, 1.82) is 0 Å². The zero-order valence-electron chi connectivity index (χ0n) is 8.33. The molecule has 0 spiro atoms. The van der Waals surface area contributed by atoms with E-state index in [4.69, 9.17) is 5.11 Å². The number of aliphatic hydroxyl groups excluding tert-OH is 1. The van der Waals surface area contributed by atoms with Gasteiger partial charge in [-0.05, 0) is 17.6 Å². The van der Waals surface area contributed by atoms with Crippen LogP contribution in [0.25, 0.3) is 0 Å². The maximum absolute atomic E-state index is 10.5. The molecular formula is C10H14O3PS-. The standard InChI is InChI=1S/C10H15O3PS/c11-6-7-14(8-9-15(12)13)10-4-2-1-3-5-10/h1-5,11H,6-9H2,(H,12,13)/p-1. The van der Waals surface area contributed by atoms with Crippen LogP contribution in [0.3, 0.4) is 0 Å². The Morgan fingerprint density at radius 3 is 2.47 bits per heavy atom. The van der Waals surface area contributed by atoms with Gasteiger partial charge in [-0.3, -0.25) is 4.21 Å². The van der Waals surface area contributed by atoms with E-state index in [1.54, 1.807) is 0 Å². The van der Waals surface area contributed by atoms with Crippen molar-refractivity contribution in [1.82, 2.24) is 0 Å². The van der Waals surface area contributed by atoms with Gasteiger partial charge in [0.2, 0.25) is 0 Å². The summed E-state index contributed by atoms with van der Waals surface area (Å²) in [7, 11) is -0.531. The first-order valence-electron chi connectivity index (χ1n) is 4.70. The molecule has 1 rings (SSSR count). The van der Waals surface area contributed by atoms with Gasteiger partial charge in [-0.15, -0.1) is 0 Å². The van der Waals surface area contributed by atoms with Gasteiger partial charge in [-0.25, -0.2) is 0 Å². The minimum Gasteiger partial charge on any atom is -0.772 e. The molecule has 3 nitrogen and oxygen atoms in total. The van der Waals surface area contributed by atoms with Crippen LogP contribution in [0.15, 0.2) is 30.3 Å². The summed E-state index contributed by atoms with van der Waals surface area (Å²) in [5, 5.41) is 10.1. The number of benzene rings is 1. The highest BCUT2D eigenvalue weighted by Crippen LogP contribution is 2.33. The summed E-state index contributed by atoms with van der Waals surface area (Å²) in [4.78, 5) is 0. The van der Waals surface area contributed by atoms with Crippen molar-refractivity contribution < 1.29 is 13.9 Å². The number of hydrogen-bond acceptors (Lipinski definition) is 3. The van der Waals surface area contributed by atoms with Crippen LogP contribution in [-0.4, -0.2) is 38.6 Å². The molecule has 1 aromatic rings. The lowest BCUT2D eigenvalue weighted by Gasteiger charge is -2.17. The van der Waals surface area contributed by atoms with Gasteiger partial charge in [-0.2, -0.15) is 0 Å². The molecule has 2 atom stereocenters. The lowest BCUT2D eigenvalue weighted by molar-refractivity contribution is 0.321. The normalized spacial score (nSPS) is 14.8. The average molecular weight is 245 g/mol. The predicted molar refractivity (Wildman–Crippen MR) is 63.6 cm³/mol. The highest BCUT2D eigenvalue weighted by molar-refractivity contribution is 7.80. The third-order valence-corrected chi connectivity index (χ3v) is 5.39. The first-order chi connectivity index (χ1) is 7.24. The molecule has 0 radical (unpaired) electrons. The molecule has 5 heteroatoms. The van der Waals surface area contributed by atoms with Gasteiger partial charge < -0.3 is 9.66 Å². The first kappa shape index (κ1) is 12.8. The van der Waals surface area contributed by atoms with Crippen LogP contribution in [0.4, 0.5) is 0 Å². The molecule has 1 N–H and O–H groups in total. The summed E-state index contributed by atoms with van der Waals surface area (Å²) in [6, 6.07) is 9.80. The Morgan fingerprint density at radius 2 is 1.93 bits per heavy atom. The van der Waals surface area contributed by atoms with E-state index in [9.17, 15) is 8.76 Å². The van der Waals surface area contributed by atoms with E-state index in [1.165, 1.54) is 0 Å². The molecule has 0 aromatic heterocycles. The zero-order valence-corrected chi connectivity index (χ0v) is 10.0. The van der Waals surface area contributed by atoms with Crippen molar-refractivity contribution in [2.24, 2.45) is 0 Å². The van der Waals surface area contributed by atoms with E-state index in [-0.39, 0.29) is 12.4 Å². The summed E-state index contributed by atoms with van der Waals surface area (Å²) in [5.74, 6) is 0.181. The average Bonchev–Trinajstić information content (AvgIpc) is 2.25. The molecule has 15 heavy (non-hydrogen) atoms. The third kappa shape index (κ3) is 4.85. The molecule has 2 unspecified atom stereocenters. The fraction of sp³-hybridized carbons (Fsp3) is 0.400. The number of hydrogen-bond donors (Lipinski definition) is 1. The summed E-state index contributed by atoms with van der Waals surface area (Å²) >= 11 is -1.98. The maximum atomic E-state index is 10.5. The monoisotopic (exact) mass is 245 g/mol. The Labute approximate surface area is 93.6 Å². The molecule has 0 saturated carbocycles. The van der Waals surface area contributed by atoms with Crippen LogP contribution in [0.1, 0.15) is 0 Å². The van der Waals surface area contributed by atoms with Crippen molar-refractivity contribution in [3.63, 3.8) is 0 Å². The number of aliphatic hydroxyl groups is 1. The van der Waals surface area contributed by atoms with Crippen molar-refractivity contribution in [2.45, 2.75) is 0 Å². The van der Waals surface area contributed by atoms with Crippen LogP contribution in [0.5, 0.6) is 0 Å². The Balaban J connectivity index is 2.61. The van der Waals surface area contributed by atoms with Gasteiger partial charge in [0.05, 0.1) is 0 Å². The number of rotatable bonds is 6. The maximum Gasteiger partial charge on any atom is 0.0473 e.